The van der Waals surface area contributed by atoms with Gasteiger partial charge >= 0.3 is 0 Å². The van der Waals surface area contributed by atoms with Crippen LogP contribution in [0.4, 0.5) is 5.82 Å². The van der Waals surface area contributed by atoms with Gasteiger partial charge in [0.05, 0.1) is 12.7 Å². The lowest BCUT2D eigenvalue weighted by atomic mass is 9.87. The number of aromatic amines is 1. The first-order chi connectivity index (χ1) is 10.1. The molecular formula is C15H15N3O3. The van der Waals surface area contributed by atoms with E-state index in [1.807, 2.05) is 24.3 Å². The minimum Gasteiger partial charge on any atom is -0.497 e. The van der Waals surface area contributed by atoms with Gasteiger partial charge in [-0.3, -0.25) is 9.59 Å². The third-order valence-corrected chi connectivity index (χ3v) is 3.59. The molecule has 0 aliphatic carbocycles. The number of amides is 1. The summed E-state index contributed by atoms with van der Waals surface area (Å²) in [4.78, 5) is 31.0. The Morgan fingerprint density at radius 2 is 1.95 bits per heavy atom. The van der Waals surface area contributed by atoms with Gasteiger partial charge in [-0.05, 0) is 24.6 Å². The smallest absolute Gasteiger partial charge is 0.256 e. The molecular weight excluding hydrogens is 270 g/mol. The molecule has 2 heterocycles. The van der Waals surface area contributed by atoms with Crippen molar-refractivity contribution in [2.75, 3.05) is 12.4 Å². The lowest BCUT2D eigenvalue weighted by molar-refractivity contribution is -0.116. The summed E-state index contributed by atoms with van der Waals surface area (Å²) < 4.78 is 5.13. The predicted octanol–water partition coefficient (Wildman–Crippen LogP) is 1.56. The molecule has 1 aliphatic heterocycles. The van der Waals surface area contributed by atoms with Crippen molar-refractivity contribution in [2.24, 2.45) is 0 Å². The summed E-state index contributed by atoms with van der Waals surface area (Å²) in [6.07, 6.45) is 0.229. The normalized spacial score (nSPS) is 17.0. The molecule has 1 atom stereocenters. The fourth-order valence-electron chi connectivity index (χ4n) is 2.60. The highest BCUT2D eigenvalue weighted by Crippen LogP contribution is 2.34. The molecule has 0 saturated heterocycles. The van der Waals surface area contributed by atoms with Gasteiger partial charge in [0.1, 0.15) is 17.4 Å². The molecule has 2 N–H and O–H groups in total. The number of fused-ring (bicyclic) bond motifs is 1. The van der Waals surface area contributed by atoms with Crippen molar-refractivity contribution < 1.29 is 9.53 Å². The van der Waals surface area contributed by atoms with E-state index in [-0.39, 0.29) is 23.8 Å². The average molecular weight is 285 g/mol. The number of hydrogen-bond acceptors (Lipinski definition) is 4. The maximum Gasteiger partial charge on any atom is 0.256 e. The van der Waals surface area contributed by atoms with Crippen LogP contribution in [0, 0.1) is 6.92 Å². The van der Waals surface area contributed by atoms with Crippen LogP contribution in [0.5, 0.6) is 5.75 Å². The van der Waals surface area contributed by atoms with Crippen molar-refractivity contribution in [3.05, 3.63) is 51.6 Å². The Hall–Kier alpha value is -2.63. The van der Waals surface area contributed by atoms with Crippen LogP contribution in [0.2, 0.25) is 0 Å². The van der Waals surface area contributed by atoms with Crippen molar-refractivity contribution in [1.82, 2.24) is 9.97 Å². The number of H-pyrrole nitrogens is 1. The van der Waals surface area contributed by atoms with Crippen molar-refractivity contribution in [3.8, 4) is 5.75 Å². The first-order valence-electron chi connectivity index (χ1n) is 6.63. The first kappa shape index (κ1) is 13.4. The lowest BCUT2D eigenvalue weighted by Crippen LogP contribution is -2.31. The van der Waals surface area contributed by atoms with E-state index in [4.69, 9.17) is 4.74 Å². The third-order valence-electron chi connectivity index (χ3n) is 3.59. The van der Waals surface area contributed by atoms with Gasteiger partial charge in [0, 0.05) is 12.3 Å². The number of ether oxygens (including phenoxy) is 1. The first-order valence-corrected chi connectivity index (χ1v) is 6.63. The number of methoxy groups -OCH3 is 1. The van der Waals surface area contributed by atoms with E-state index in [1.54, 1.807) is 14.0 Å². The van der Waals surface area contributed by atoms with Gasteiger partial charge in [0.2, 0.25) is 5.91 Å². The molecule has 0 spiro atoms. The van der Waals surface area contributed by atoms with E-state index in [0.717, 1.165) is 11.3 Å². The van der Waals surface area contributed by atoms with Gasteiger partial charge in [-0.25, -0.2) is 4.98 Å². The van der Waals surface area contributed by atoms with Crippen LogP contribution >= 0.6 is 0 Å². The monoisotopic (exact) mass is 285 g/mol. The van der Waals surface area contributed by atoms with Crippen molar-refractivity contribution >= 4 is 11.7 Å². The van der Waals surface area contributed by atoms with E-state index in [0.29, 0.717) is 17.2 Å². The van der Waals surface area contributed by atoms with Crippen LogP contribution in [0.3, 0.4) is 0 Å². The Morgan fingerprint density at radius 1 is 1.24 bits per heavy atom. The molecule has 6 heteroatoms. The number of nitrogens with zero attached hydrogens (tertiary/aromatic N) is 1. The second-order valence-corrected chi connectivity index (χ2v) is 4.99. The van der Waals surface area contributed by atoms with E-state index >= 15 is 0 Å². The van der Waals surface area contributed by atoms with Gasteiger partial charge in [-0.1, -0.05) is 12.1 Å². The summed E-state index contributed by atoms with van der Waals surface area (Å²) in [6.45, 7) is 1.69. The van der Waals surface area contributed by atoms with E-state index in [2.05, 4.69) is 15.3 Å². The van der Waals surface area contributed by atoms with Gasteiger partial charge < -0.3 is 15.0 Å². The Labute approximate surface area is 121 Å². The van der Waals surface area contributed by atoms with Crippen molar-refractivity contribution in [3.63, 3.8) is 0 Å². The maximum atomic E-state index is 12.2. The fraction of sp³-hybridized carbons (Fsp3) is 0.267. The van der Waals surface area contributed by atoms with E-state index in [1.165, 1.54) is 0 Å². The molecule has 108 valence electrons. The third kappa shape index (κ3) is 2.40. The maximum absolute atomic E-state index is 12.2. The average Bonchev–Trinajstić information content (AvgIpc) is 2.45. The Kier molecular flexibility index (Phi) is 3.21. The quantitative estimate of drug-likeness (QED) is 0.877. The van der Waals surface area contributed by atoms with E-state index in [9.17, 15) is 9.59 Å². The number of anilines is 1. The number of benzene rings is 1. The standard InChI is InChI=1S/C15H15N3O3/c1-8-16-14-13(15(20)17-8)11(7-12(19)18-14)9-3-5-10(21-2)6-4-9/h3-6,11H,7H2,1-2H3,(H2,16,17,18,19,20)/t11-/m1/s1. The number of aromatic nitrogens is 2. The number of nitrogens with one attached hydrogen (secondary N) is 2. The van der Waals surface area contributed by atoms with Gasteiger partial charge in [0.25, 0.3) is 5.56 Å². The van der Waals surface area contributed by atoms with Crippen molar-refractivity contribution in [2.45, 2.75) is 19.3 Å². The van der Waals surface area contributed by atoms with Crippen LogP contribution < -0.4 is 15.6 Å². The molecule has 21 heavy (non-hydrogen) atoms. The largest absolute Gasteiger partial charge is 0.497 e. The van der Waals surface area contributed by atoms with Crippen LogP contribution in [0.25, 0.3) is 0 Å². The molecule has 1 aromatic heterocycles. The highest BCUT2D eigenvalue weighted by Gasteiger charge is 2.30. The second-order valence-electron chi connectivity index (χ2n) is 4.99. The molecule has 1 aromatic carbocycles. The number of carbonyl (C=O) groups excluding carboxylic acids is 1. The van der Waals surface area contributed by atoms with Gasteiger partial charge in [-0.15, -0.1) is 0 Å². The zero-order valence-corrected chi connectivity index (χ0v) is 11.8. The summed E-state index contributed by atoms with van der Waals surface area (Å²) in [6, 6.07) is 7.37. The number of carbonyl (C=O) groups is 1. The Balaban J connectivity index is 2.12. The molecule has 0 radical (unpaired) electrons. The fourth-order valence-corrected chi connectivity index (χ4v) is 2.60. The summed E-state index contributed by atoms with van der Waals surface area (Å²) in [5.74, 6) is 1.13. The zero-order chi connectivity index (χ0) is 15.0. The molecule has 0 unspecified atom stereocenters. The van der Waals surface area contributed by atoms with Crippen LogP contribution in [0.1, 0.15) is 29.3 Å². The summed E-state index contributed by atoms with van der Waals surface area (Å²) in [5, 5.41) is 2.67. The predicted molar refractivity (Wildman–Crippen MR) is 77.7 cm³/mol. The topological polar surface area (TPSA) is 84.1 Å². The van der Waals surface area contributed by atoms with E-state index < -0.39 is 0 Å². The minimum absolute atomic E-state index is 0.138. The molecule has 0 saturated carbocycles. The molecule has 0 fully saturated rings. The second kappa shape index (κ2) is 5.05. The van der Waals surface area contributed by atoms with Crippen molar-refractivity contribution in [1.29, 1.82) is 0 Å². The highest BCUT2D eigenvalue weighted by atomic mass is 16.5. The Morgan fingerprint density at radius 3 is 2.62 bits per heavy atom. The summed E-state index contributed by atoms with van der Waals surface area (Å²) >= 11 is 0. The lowest BCUT2D eigenvalue weighted by Gasteiger charge is -2.24. The number of aryl methyl sites for hydroxylation is 1. The Bertz CT molecular complexity index is 750. The molecule has 3 rings (SSSR count). The number of rotatable bonds is 2. The molecule has 6 nitrogen and oxygen atoms in total. The molecule has 1 amide bonds. The van der Waals surface area contributed by atoms with Crippen LogP contribution in [-0.4, -0.2) is 23.0 Å². The molecule has 2 aromatic rings. The highest BCUT2D eigenvalue weighted by molar-refractivity contribution is 5.94. The summed E-state index contributed by atoms with van der Waals surface area (Å²) in [5.41, 5.74) is 1.19. The number of hydrogen-bond donors (Lipinski definition) is 2. The zero-order valence-electron chi connectivity index (χ0n) is 11.8. The summed E-state index contributed by atoms with van der Waals surface area (Å²) in [7, 11) is 1.59. The molecule has 0 bridgehead atoms. The van der Waals surface area contributed by atoms with Gasteiger partial charge in [-0.2, -0.15) is 0 Å². The van der Waals surface area contributed by atoms with Crippen LogP contribution in [0.15, 0.2) is 29.1 Å². The van der Waals surface area contributed by atoms with Crippen LogP contribution in [-0.2, 0) is 4.79 Å². The minimum atomic E-state index is -0.295. The molecule has 1 aliphatic rings. The van der Waals surface area contributed by atoms with Gasteiger partial charge in [0.15, 0.2) is 0 Å². The SMILES string of the molecule is COc1ccc([C@H]2CC(=O)Nc3nc(C)[nH]c(=O)c32)cc1.